The first kappa shape index (κ1) is 12.2. The fourth-order valence-electron chi connectivity index (χ4n) is 3.05. The maximum Gasteiger partial charge on any atom is 0.306 e. The molecule has 2 aromatic rings. The summed E-state index contributed by atoms with van der Waals surface area (Å²) in [4.78, 5) is 15.3. The Hall–Kier alpha value is -1.84. The van der Waals surface area contributed by atoms with Crippen LogP contribution in [0.2, 0.25) is 0 Å². The smallest absolute Gasteiger partial charge is 0.306 e. The van der Waals surface area contributed by atoms with Gasteiger partial charge in [0, 0.05) is 18.9 Å². The zero-order valence-corrected chi connectivity index (χ0v) is 10.8. The minimum atomic E-state index is -0.630. The molecular formula is C15H18N2O2. The molecule has 0 radical (unpaired) electrons. The normalized spacial score (nSPS) is 23.6. The van der Waals surface area contributed by atoms with Crippen LogP contribution in [0.25, 0.3) is 11.0 Å². The van der Waals surface area contributed by atoms with Crippen molar-refractivity contribution in [3.63, 3.8) is 0 Å². The zero-order chi connectivity index (χ0) is 13.2. The number of fused-ring (bicyclic) bond motifs is 1. The number of nitrogens with zero attached hydrogens (tertiary/aromatic N) is 2. The van der Waals surface area contributed by atoms with Crippen molar-refractivity contribution in [3.05, 3.63) is 30.6 Å². The number of hydrogen-bond acceptors (Lipinski definition) is 2. The predicted octanol–water partition coefficient (Wildman–Crippen LogP) is 2.93. The Kier molecular flexibility index (Phi) is 3.23. The summed E-state index contributed by atoms with van der Waals surface area (Å²) in [6, 6.07) is 6.09. The molecular weight excluding hydrogens is 240 g/mol. The molecule has 0 aliphatic heterocycles. The molecule has 1 N–H and O–H groups in total. The van der Waals surface area contributed by atoms with Crippen LogP contribution in [0.1, 0.15) is 25.7 Å². The molecule has 1 aliphatic rings. The van der Waals surface area contributed by atoms with Gasteiger partial charge in [0.05, 0.1) is 17.0 Å². The Morgan fingerprint density at radius 1 is 1.32 bits per heavy atom. The van der Waals surface area contributed by atoms with E-state index >= 15 is 0 Å². The molecule has 19 heavy (non-hydrogen) atoms. The first-order chi connectivity index (χ1) is 9.24. The van der Waals surface area contributed by atoms with E-state index in [2.05, 4.69) is 21.8 Å². The molecule has 0 bridgehead atoms. The number of aromatic nitrogens is 2. The fourth-order valence-corrected chi connectivity index (χ4v) is 3.05. The molecule has 1 saturated carbocycles. The molecule has 4 heteroatoms. The van der Waals surface area contributed by atoms with Gasteiger partial charge in [-0.25, -0.2) is 0 Å². The van der Waals surface area contributed by atoms with E-state index in [-0.39, 0.29) is 5.92 Å². The first-order valence-corrected chi connectivity index (χ1v) is 6.86. The summed E-state index contributed by atoms with van der Waals surface area (Å²) >= 11 is 0. The van der Waals surface area contributed by atoms with Crippen molar-refractivity contribution in [2.24, 2.45) is 11.8 Å². The number of aliphatic carboxylic acids is 1. The van der Waals surface area contributed by atoms with Gasteiger partial charge in [0.2, 0.25) is 0 Å². The minimum Gasteiger partial charge on any atom is -0.481 e. The molecule has 2 heterocycles. The summed E-state index contributed by atoms with van der Waals surface area (Å²) in [7, 11) is 0. The van der Waals surface area contributed by atoms with Crippen molar-refractivity contribution in [1.29, 1.82) is 0 Å². The summed E-state index contributed by atoms with van der Waals surface area (Å²) in [6.45, 7) is 0.974. The van der Waals surface area contributed by atoms with Gasteiger partial charge in [0.15, 0.2) is 0 Å². The maximum absolute atomic E-state index is 10.9. The Morgan fingerprint density at radius 2 is 2.11 bits per heavy atom. The van der Waals surface area contributed by atoms with E-state index in [0.717, 1.165) is 37.7 Å². The third-order valence-corrected chi connectivity index (χ3v) is 4.19. The number of hydrogen-bond donors (Lipinski definition) is 1. The number of pyridine rings is 1. The van der Waals surface area contributed by atoms with Crippen LogP contribution in [-0.2, 0) is 11.3 Å². The molecule has 0 spiro atoms. The van der Waals surface area contributed by atoms with Gasteiger partial charge in [-0.3, -0.25) is 9.78 Å². The van der Waals surface area contributed by atoms with Gasteiger partial charge >= 0.3 is 5.97 Å². The van der Waals surface area contributed by atoms with Crippen molar-refractivity contribution >= 4 is 17.0 Å². The molecule has 0 saturated heterocycles. The van der Waals surface area contributed by atoms with E-state index in [1.807, 2.05) is 18.3 Å². The van der Waals surface area contributed by atoms with Crippen molar-refractivity contribution < 1.29 is 9.90 Å². The molecule has 1 fully saturated rings. The lowest BCUT2D eigenvalue weighted by atomic mass is 9.82. The van der Waals surface area contributed by atoms with E-state index in [9.17, 15) is 4.79 Å². The van der Waals surface area contributed by atoms with E-state index in [1.165, 1.54) is 5.52 Å². The van der Waals surface area contributed by atoms with Gasteiger partial charge in [-0.05, 0) is 49.8 Å². The number of rotatable bonds is 3. The van der Waals surface area contributed by atoms with Crippen LogP contribution in [-0.4, -0.2) is 20.6 Å². The van der Waals surface area contributed by atoms with Crippen molar-refractivity contribution in [2.75, 3.05) is 0 Å². The topological polar surface area (TPSA) is 55.1 Å². The van der Waals surface area contributed by atoms with Gasteiger partial charge in [-0.2, -0.15) is 0 Å². The Morgan fingerprint density at radius 3 is 2.84 bits per heavy atom. The van der Waals surface area contributed by atoms with Crippen LogP contribution in [0, 0.1) is 11.8 Å². The summed E-state index contributed by atoms with van der Waals surface area (Å²) in [6.07, 6.45) is 7.55. The van der Waals surface area contributed by atoms with Crippen molar-refractivity contribution in [3.8, 4) is 0 Å². The Balaban J connectivity index is 1.68. The predicted molar refractivity (Wildman–Crippen MR) is 72.8 cm³/mol. The van der Waals surface area contributed by atoms with Gasteiger partial charge < -0.3 is 9.67 Å². The second-order valence-electron chi connectivity index (χ2n) is 5.43. The van der Waals surface area contributed by atoms with Crippen LogP contribution in [0.4, 0.5) is 0 Å². The fraction of sp³-hybridized carbons (Fsp3) is 0.467. The van der Waals surface area contributed by atoms with E-state index in [4.69, 9.17) is 5.11 Å². The summed E-state index contributed by atoms with van der Waals surface area (Å²) in [5, 5.41) is 9.01. The molecule has 0 unspecified atom stereocenters. The number of carbonyl (C=O) groups is 1. The van der Waals surface area contributed by atoms with Crippen molar-refractivity contribution in [2.45, 2.75) is 32.2 Å². The molecule has 2 aromatic heterocycles. The third-order valence-electron chi connectivity index (χ3n) is 4.19. The molecule has 0 aromatic carbocycles. The van der Waals surface area contributed by atoms with Gasteiger partial charge in [0.25, 0.3) is 0 Å². The average Bonchev–Trinajstić information content (AvgIpc) is 2.83. The molecule has 100 valence electrons. The standard InChI is InChI=1S/C15H18N2O2/c18-15(19)12-5-3-11(4-6-12)10-17-9-7-13-14(17)2-1-8-16-13/h1-2,7-9,11-12H,3-6,10H2,(H,18,19)/t11-,12-. The lowest BCUT2D eigenvalue weighted by Gasteiger charge is -2.26. The van der Waals surface area contributed by atoms with E-state index in [0.29, 0.717) is 5.92 Å². The SMILES string of the molecule is O=C(O)[C@H]1CC[C@H](Cn2ccc3ncccc32)CC1. The highest BCUT2D eigenvalue weighted by Gasteiger charge is 2.26. The third kappa shape index (κ3) is 2.48. The Bertz CT molecular complexity index is 583. The lowest BCUT2D eigenvalue weighted by molar-refractivity contribution is -0.143. The highest BCUT2D eigenvalue weighted by atomic mass is 16.4. The van der Waals surface area contributed by atoms with Gasteiger partial charge in [0.1, 0.15) is 0 Å². The first-order valence-electron chi connectivity index (χ1n) is 6.86. The number of carboxylic acid groups (broad SMARTS) is 1. The highest BCUT2D eigenvalue weighted by molar-refractivity contribution is 5.75. The Labute approximate surface area is 112 Å². The molecule has 3 rings (SSSR count). The van der Waals surface area contributed by atoms with Crippen molar-refractivity contribution in [1.82, 2.24) is 9.55 Å². The summed E-state index contributed by atoms with van der Waals surface area (Å²) in [5.41, 5.74) is 2.20. The lowest BCUT2D eigenvalue weighted by Crippen LogP contribution is -2.23. The van der Waals surface area contributed by atoms with Crippen LogP contribution in [0.5, 0.6) is 0 Å². The van der Waals surface area contributed by atoms with Crippen LogP contribution < -0.4 is 0 Å². The molecule has 0 amide bonds. The average molecular weight is 258 g/mol. The number of carboxylic acids is 1. The monoisotopic (exact) mass is 258 g/mol. The van der Waals surface area contributed by atoms with E-state index in [1.54, 1.807) is 0 Å². The van der Waals surface area contributed by atoms with E-state index < -0.39 is 5.97 Å². The van der Waals surface area contributed by atoms with Gasteiger partial charge in [-0.1, -0.05) is 0 Å². The quantitative estimate of drug-likeness (QED) is 0.921. The zero-order valence-electron chi connectivity index (χ0n) is 10.8. The largest absolute Gasteiger partial charge is 0.481 e. The molecule has 4 nitrogen and oxygen atoms in total. The molecule has 0 atom stereocenters. The second kappa shape index (κ2) is 5.03. The van der Waals surface area contributed by atoms with Crippen LogP contribution >= 0.6 is 0 Å². The second-order valence-corrected chi connectivity index (χ2v) is 5.43. The van der Waals surface area contributed by atoms with Gasteiger partial charge in [-0.15, -0.1) is 0 Å². The van der Waals surface area contributed by atoms with Crippen LogP contribution in [0.3, 0.4) is 0 Å². The summed E-state index contributed by atoms with van der Waals surface area (Å²) in [5.74, 6) is -0.167. The highest BCUT2D eigenvalue weighted by Crippen LogP contribution is 2.30. The van der Waals surface area contributed by atoms with Crippen LogP contribution in [0.15, 0.2) is 30.6 Å². The maximum atomic E-state index is 10.9. The summed E-state index contributed by atoms with van der Waals surface area (Å²) < 4.78 is 2.24. The minimum absolute atomic E-state index is 0.126. The molecule has 1 aliphatic carbocycles.